The van der Waals surface area contributed by atoms with E-state index in [2.05, 4.69) is 10.2 Å². The van der Waals surface area contributed by atoms with Crippen LogP contribution >= 0.6 is 0 Å². The summed E-state index contributed by atoms with van der Waals surface area (Å²) in [6, 6.07) is 2.16. The molecule has 0 fully saturated rings. The van der Waals surface area contributed by atoms with E-state index in [4.69, 9.17) is 5.73 Å². The molecular weight excluding hydrogens is 238 g/mol. The van der Waals surface area contributed by atoms with Crippen molar-refractivity contribution in [3.63, 3.8) is 0 Å². The van der Waals surface area contributed by atoms with Crippen LogP contribution in [0, 0.1) is 18.6 Å². The Kier molecular flexibility index (Phi) is 3.02. The quantitative estimate of drug-likeness (QED) is 0.836. The van der Waals surface area contributed by atoms with E-state index in [0.29, 0.717) is 5.82 Å². The van der Waals surface area contributed by atoms with Gasteiger partial charge in [-0.25, -0.2) is 8.78 Å². The van der Waals surface area contributed by atoms with Crippen molar-refractivity contribution in [2.75, 3.05) is 5.73 Å². The predicted molar refractivity (Wildman–Crippen MR) is 64.9 cm³/mol. The number of aromatic nitrogens is 3. The number of nitrogen functional groups attached to an aromatic ring is 1. The summed E-state index contributed by atoms with van der Waals surface area (Å²) in [7, 11) is 0. The van der Waals surface area contributed by atoms with E-state index in [1.165, 1.54) is 0 Å². The highest BCUT2D eigenvalue weighted by molar-refractivity contribution is 5.61. The lowest BCUT2D eigenvalue weighted by Gasteiger charge is -2.13. The van der Waals surface area contributed by atoms with Gasteiger partial charge in [-0.05, 0) is 32.9 Å². The van der Waals surface area contributed by atoms with Crippen molar-refractivity contribution < 1.29 is 8.78 Å². The van der Waals surface area contributed by atoms with Crippen molar-refractivity contribution >= 4 is 5.69 Å². The Labute approximate surface area is 103 Å². The third kappa shape index (κ3) is 1.94. The Balaban J connectivity index is 2.70. The summed E-state index contributed by atoms with van der Waals surface area (Å²) in [6.07, 6.45) is 0. The molecular formula is C12H14F2N4. The van der Waals surface area contributed by atoms with E-state index >= 15 is 0 Å². The molecule has 0 spiro atoms. The Morgan fingerprint density at radius 1 is 1.17 bits per heavy atom. The molecule has 0 aliphatic carbocycles. The normalized spacial score (nSPS) is 11.2. The average molecular weight is 252 g/mol. The Bertz CT molecular complexity index is 567. The second-order valence-corrected chi connectivity index (χ2v) is 4.39. The minimum Gasteiger partial charge on any atom is -0.399 e. The fraction of sp³-hybridized carbons (Fsp3) is 0.333. The number of nitrogens with two attached hydrogens (primary N) is 1. The van der Waals surface area contributed by atoms with Crippen molar-refractivity contribution in [1.29, 1.82) is 0 Å². The van der Waals surface area contributed by atoms with Crippen molar-refractivity contribution in [3.8, 4) is 11.4 Å². The molecule has 1 heterocycles. The number of rotatable bonds is 2. The van der Waals surface area contributed by atoms with E-state index in [-0.39, 0.29) is 23.1 Å². The zero-order chi connectivity index (χ0) is 13.4. The number of anilines is 1. The zero-order valence-electron chi connectivity index (χ0n) is 10.4. The average Bonchev–Trinajstić information content (AvgIpc) is 2.58. The number of benzene rings is 1. The van der Waals surface area contributed by atoms with Crippen LogP contribution in [0.15, 0.2) is 12.1 Å². The van der Waals surface area contributed by atoms with Crippen molar-refractivity contribution in [1.82, 2.24) is 14.8 Å². The second kappa shape index (κ2) is 4.36. The Morgan fingerprint density at radius 2 is 1.72 bits per heavy atom. The number of nitrogens with zero attached hydrogens (tertiary/aromatic N) is 3. The summed E-state index contributed by atoms with van der Waals surface area (Å²) >= 11 is 0. The first-order valence-corrected chi connectivity index (χ1v) is 5.58. The van der Waals surface area contributed by atoms with Crippen LogP contribution in [0.4, 0.5) is 14.5 Å². The summed E-state index contributed by atoms with van der Waals surface area (Å²) in [6.45, 7) is 5.53. The van der Waals surface area contributed by atoms with Crippen LogP contribution in [0.5, 0.6) is 0 Å². The highest BCUT2D eigenvalue weighted by atomic mass is 19.1. The molecule has 0 amide bonds. The van der Waals surface area contributed by atoms with Gasteiger partial charge in [0.15, 0.2) is 5.82 Å². The molecule has 0 atom stereocenters. The summed E-state index contributed by atoms with van der Waals surface area (Å²) in [4.78, 5) is 0. The van der Waals surface area contributed by atoms with E-state index < -0.39 is 11.6 Å². The summed E-state index contributed by atoms with van der Waals surface area (Å²) in [5.41, 5.74) is 5.23. The van der Waals surface area contributed by atoms with Gasteiger partial charge in [0, 0.05) is 11.7 Å². The van der Waals surface area contributed by atoms with Gasteiger partial charge in [0.2, 0.25) is 0 Å². The monoisotopic (exact) mass is 252 g/mol. The molecule has 0 unspecified atom stereocenters. The van der Waals surface area contributed by atoms with Crippen LogP contribution < -0.4 is 5.73 Å². The van der Waals surface area contributed by atoms with Gasteiger partial charge in [-0.3, -0.25) is 0 Å². The minimum absolute atomic E-state index is 0.00588. The third-order valence-corrected chi connectivity index (χ3v) is 2.67. The van der Waals surface area contributed by atoms with Crippen molar-refractivity contribution in [2.24, 2.45) is 0 Å². The van der Waals surface area contributed by atoms with Crippen molar-refractivity contribution in [3.05, 3.63) is 29.6 Å². The molecule has 2 aromatic rings. The second-order valence-electron chi connectivity index (χ2n) is 4.39. The lowest BCUT2D eigenvalue weighted by molar-refractivity contribution is 0.564. The fourth-order valence-corrected chi connectivity index (χ4v) is 1.96. The van der Waals surface area contributed by atoms with Gasteiger partial charge in [-0.15, -0.1) is 10.2 Å². The molecule has 0 saturated heterocycles. The topological polar surface area (TPSA) is 56.7 Å². The predicted octanol–water partition coefficient (Wildman–Crippen LogP) is 2.69. The van der Waals surface area contributed by atoms with Crippen LogP contribution in [0.2, 0.25) is 0 Å². The van der Waals surface area contributed by atoms with Gasteiger partial charge in [-0.2, -0.15) is 0 Å². The number of hydrogen-bond acceptors (Lipinski definition) is 3. The van der Waals surface area contributed by atoms with E-state index in [1.807, 2.05) is 13.8 Å². The van der Waals surface area contributed by atoms with Gasteiger partial charge in [0.25, 0.3) is 0 Å². The third-order valence-electron chi connectivity index (χ3n) is 2.67. The largest absolute Gasteiger partial charge is 0.399 e. The smallest absolute Gasteiger partial charge is 0.170 e. The standard InChI is InChI=1S/C12H14F2N4/c1-6(2)18-7(3)16-17-12(18)11-9(13)4-8(15)5-10(11)14/h4-6H,15H2,1-3H3. The minimum atomic E-state index is -0.734. The Hall–Kier alpha value is -1.98. The molecule has 96 valence electrons. The highest BCUT2D eigenvalue weighted by Crippen LogP contribution is 2.28. The molecule has 18 heavy (non-hydrogen) atoms. The van der Waals surface area contributed by atoms with Gasteiger partial charge in [-0.1, -0.05) is 0 Å². The summed E-state index contributed by atoms with van der Waals surface area (Å²) in [5.74, 6) is -0.684. The molecule has 0 radical (unpaired) electrons. The van der Waals surface area contributed by atoms with Gasteiger partial charge in [0.1, 0.15) is 17.5 Å². The van der Waals surface area contributed by atoms with E-state index in [9.17, 15) is 8.78 Å². The van der Waals surface area contributed by atoms with Gasteiger partial charge < -0.3 is 10.3 Å². The maximum Gasteiger partial charge on any atom is 0.170 e. The zero-order valence-corrected chi connectivity index (χ0v) is 10.4. The van der Waals surface area contributed by atoms with Gasteiger partial charge in [0.05, 0.1) is 5.56 Å². The number of hydrogen-bond donors (Lipinski definition) is 1. The molecule has 0 aliphatic heterocycles. The van der Waals surface area contributed by atoms with Crippen LogP contribution in [-0.4, -0.2) is 14.8 Å². The van der Waals surface area contributed by atoms with Gasteiger partial charge >= 0.3 is 0 Å². The molecule has 6 heteroatoms. The molecule has 2 rings (SSSR count). The molecule has 4 nitrogen and oxygen atoms in total. The first-order chi connectivity index (χ1) is 8.41. The van der Waals surface area contributed by atoms with Crippen LogP contribution in [0.3, 0.4) is 0 Å². The first kappa shape index (κ1) is 12.5. The summed E-state index contributed by atoms with van der Waals surface area (Å²) < 4.78 is 29.4. The Morgan fingerprint density at radius 3 is 2.22 bits per heavy atom. The lowest BCUT2D eigenvalue weighted by atomic mass is 10.1. The van der Waals surface area contributed by atoms with Crippen LogP contribution in [-0.2, 0) is 0 Å². The SMILES string of the molecule is Cc1nnc(-c2c(F)cc(N)cc2F)n1C(C)C. The number of aryl methyl sites for hydroxylation is 1. The molecule has 1 aromatic heterocycles. The highest BCUT2D eigenvalue weighted by Gasteiger charge is 2.21. The van der Waals surface area contributed by atoms with E-state index in [0.717, 1.165) is 12.1 Å². The maximum absolute atomic E-state index is 13.8. The van der Waals surface area contributed by atoms with Crippen molar-refractivity contribution in [2.45, 2.75) is 26.8 Å². The first-order valence-electron chi connectivity index (χ1n) is 5.58. The molecule has 2 N–H and O–H groups in total. The van der Waals surface area contributed by atoms with Crippen LogP contribution in [0.25, 0.3) is 11.4 Å². The lowest BCUT2D eigenvalue weighted by Crippen LogP contribution is -2.07. The summed E-state index contributed by atoms with van der Waals surface area (Å²) in [5, 5.41) is 7.72. The molecule has 0 bridgehead atoms. The maximum atomic E-state index is 13.8. The number of halogens is 2. The molecule has 0 aliphatic rings. The fourth-order valence-electron chi connectivity index (χ4n) is 1.96. The molecule has 1 aromatic carbocycles. The van der Waals surface area contributed by atoms with Crippen LogP contribution in [0.1, 0.15) is 25.7 Å². The molecule has 0 saturated carbocycles. The van der Waals surface area contributed by atoms with E-state index in [1.54, 1.807) is 11.5 Å².